The van der Waals surface area contributed by atoms with Gasteiger partial charge >= 0.3 is 0 Å². The molecule has 0 saturated heterocycles. The average Bonchev–Trinajstić information content (AvgIpc) is 2.43. The third kappa shape index (κ3) is 2.98. The maximum Gasteiger partial charge on any atom is 0.226 e. The van der Waals surface area contributed by atoms with E-state index in [4.69, 9.17) is 0 Å². The molecule has 1 aliphatic rings. The summed E-state index contributed by atoms with van der Waals surface area (Å²) in [5.41, 5.74) is 2.39. The summed E-state index contributed by atoms with van der Waals surface area (Å²) in [7, 11) is 4.21. The van der Waals surface area contributed by atoms with Crippen LogP contribution in [0.15, 0.2) is 24.3 Å². The number of para-hydroxylation sites is 1. The molecular formula is C16H24N2O. The highest BCUT2D eigenvalue weighted by Crippen LogP contribution is 2.36. The highest BCUT2D eigenvalue weighted by Gasteiger charge is 2.28. The first-order valence-corrected chi connectivity index (χ1v) is 7.21. The first-order chi connectivity index (χ1) is 9.15. The number of hydrogen-bond acceptors (Lipinski definition) is 2. The van der Waals surface area contributed by atoms with Gasteiger partial charge in [-0.1, -0.05) is 31.5 Å². The smallest absolute Gasteiger partial charge is 0.226 e. The van der Waals surface area contributed by atoms with Gasteiger partial charge in [0.15, 0.2) is 0 Å². The first-order valence-electron chi connectivity index (χ1n) is 7.21. The van der Waals surface area contributed by atoms with Crippen molar-refractivity contribution in [3.8, 4) is 0 Å². The van der Waals surface area contributed by atoms with E-state index in [-0.39, 0.29) is 5.91 Å². The van der Waals surface area contributed by atoms with Gasteiger partial charge in [-0.2, -0.15) is 0 Å². The molecule has 0 bridgehead atoms. The van der Waals surface area contributed by atoms with Crippen LogP contribution >= 0.6 is 0 Å². The first kappa shape index (κ1) is 14.1. The van der Waals surface area contributed by atoms with Crippen LogP contribution in [0.5, 0.6) is 0 Å². The van der Waals surface area contributed by atoms with E-state index < -0.39 is 0 Å². The zero-order valence-corrected chi connectivity index (χ0v) is 12.2. The van der Waals surface area contributed by atoms with Crippen molar-refractivity contribution in [2.45, 2.75) is 38.6 Å². The highest BCUT2D eigenvalue weighted by atomic mass is 16.2. The van der Waals surface area contributed by atoms with Crippen LogP contribution in [0.25, 0.3) is 0 Å². The van der Waals surface area contributed by atoms with Crippen LogP contribution in [0.1, 0.15) is 44.2 Å². The lowest BCUT2D eigenvalue weighted by atomic mass is 9.95. The Morgan fingerprint density at radius 2 is 2.11 bits per heavy atom. The Morgan fingerprint density at radius 1 is 1.37 bits per heavy atom. The molecule has 1 aromatic rings. The number of rotatable bonds is 4. The van der Waals surface area contributed by atoms with Gasteiger partial charge in [0.2, 0.25) is 5.91 Å². The summed E-state index contributed by atoms with van der Waals surface area (Å²) >= 11 is 0. The molecule has 104 valence electrons. The Labute approximate surface area is 116 Å². The molecule has 2 rings (SSSR count). The minimum atomic E-state index is 0.270. The Balaban J connectivity index is 2.25. The van der Waals surface area contributed by atoms with Crippen LogP contribution in [0, 0.1) is 0 Å². The van der Waals surface area contributed by atoms with Crippen molar-refractivity contribution < 1.29 is 4.79 Å². The normalized spacial score (nSPS) is 18.5. The van der Waals surface area contributed by atoms with Crippen molar-refractivity contribution in [2.24, 2.45) is 0 Å². The van der Waals surface area contributed by atoms with Gasteiger partial charge in [0.25, 0.3) is 0 Å². The van der Waals surface area contributed by atoms with Gasteiger partial charge in [0.05, 0.1) is 0 Å². The number of hydrogen-bond donors (Lipinski definition) is 0. The number of anilines is 1. The zero-order valence-electron chi connectivity index (χ0n) is 12.2. The summed E-state index contributed by atoms with van der Waals surface area (Å²) < 4.78 is 0. The average molecular weight is 260 g/mol. The highest BCUT2D eigenvalue weighted by molar-refractivity contribution is 5.94. The van der Waals surface area contributed by atoms with E-state index in [9.17, 15) is 4.79 Å². The number of carbonyl (C=O) groups excluding carboxylic acids is 1. The van der Waals surface area contributed by atoms with Crippen LogP contribution in [0.3, 0.4) is 0 Å². The molecule has 1 heterocycles. The summed E-state index contributed by atoms with van der Waals surface area (Å²) in [4.78, 5) is 16.5. The van der Waals surface area contributed by atoms with E-state index in [1.165, 1.54) is 5.56 Å². The van der Waals surface area contributed by atoms with Crippen molar-refractivity contribution in [3.63, 3.8) is 0 Å². The molecule has 1 amide bonds. The number of fused-ring (bicyclic) bond motifs is 1. The second-order valence-corrected chi connectivity index (χ2v) is 5.48. The van der Waals surface area contributed by atoms with Gasteiger partial charge in [-0.05, 0) is 38.6 Å². The third-order valence-corrected chi connectivity index (χ3v) is 3.88. The van der Waals surface area contributed by atoms with Crippen LogP contribution < -0.4 is 4.90 Å². The maximum absolute atomic E-state index is 12.3. The molecule has 1 aliphatic heterocycles. The van der Waals surface area contributed by atoms with Crippen LogP contribution in [-0.2, 0) is 4.79 Å². The van der Waals surface area contributed by atoms with Crippen molar-refractivity contribution >= 4 is 11.6 Å². The summed E-state index contributed by atoms with van der Waals surface area (Å²) in [5.74, 6) is 0.270. The van der Waals surface area contributed by atoms with Gasteiger partial charge in [-0.25, -0.2) is 0 Å². The Morgan fingerprint density at radius 3 is 2.79 bits per heavy atom. The molecule has 0 saturated carbocycles. The standard InChI is InChI=1S/C16H24N2O/c1-4-5-10-16(19)18-12-11-14(17(2)3)13-8-6-7-9-15(13)18/h6-9,14H,4-5,10-12H2,1-3H3. The van der Waals surface area contributed by atoms with E-state index in [0.29, 0.717) is 12.5 Å². The number of unbranched alkanes of at least 4 members (excludes halogenated alkanes) is 1. The van der Waals surface area contributed by atoms with Crippen LogP contribution in [0.4, 0.5) is 5.69 Å². The Hall–Kier alpha value is -1.35. The number of amides is 1. The molecule has 1 aromatic carbocycles. The lowest BCUT2D eigenvalue weighted by Crippen LogP contribution is -2.39. The van der Waals surface area contributed by atoms with Crippen LogP contribution in [0.2, 0.25) is 0 Å². The molecule has 19 heavy (non-hydrogen) atoms. The van der Waals surface area contributed by atoms with E-state index in [1.54, 1.807) is 0 Å². The summed E-state index contributed by atoms with van der Waals surface area (Å²) in [5, 5.41) is 0. The van der Waals surface area contributed by atoms with Crippen molar-refractivity contribution in [3.05, 3.63) is 29.8 Å². The number of carbonyl (C=O) groups is 1. The lowest BCUT2D eigenvalue weighted by Gasteiger charge is -2.37. The van der Waals surface area contributed by atoms with Crippen molar-refractivity contribution in [2.75, 3.05) is 25.5 Å². The monoisotopic (exact) mass is 260 g/mol. The van der Waals surface area contributed by atoms with E-state index in [2.05, 4.69) is 44.1 Å². The van der Waals surface area contributed by atoms with Gasteiger partial charge in [0.1, 0.15) is 0 Å². The fourth-order valence-electron chi connectivity index (χ4n) is 2.80. The minimum absolute atomic E-state index is 0.270. The van der Waals surface area contributed by atoms with Gasteiger partial charge in [0, 0.05) is 24.7 Å². The molecule has 3 heteroatoms. The fourth-order valence-corrected chi connectivity index (χ4v) is 2.80. The molecule has 1 atom stereocenters. The topological polar surface area (TPSA) is 23.6 Å². The molecule has 1 unspecified atom stereocenters. The summed E-state index contributed by atoms with van der Waals surface area (Å²) in [6.45, 7) is 2.96. The van der Waals surface area contributed by atoms with Gasteiger partial charge in [-0.3, -0.25) is 4.79 Å². The van der Waals surface area contributed by atoms with Crippen molar-refractivity contribution in [1.29, 1.82) is 0 Å². The third-order valence-electron chi connectivity index (χ3n) is 3.88. The lowest BCUT2D eigenvalue weighted by molar-refractivity contribution is -0.118. The van der Waals surface area contributed by atoms with Gasteiger partial charge < -0.3 is 9.80 Å². The molecule has 0 fully saturated rings. The zero-order chi connectivity index (χ0) is 13.8. The summed E-state index contributed by atoms with van der Waals surface area (Å²) in [6, 6.07) is 8.74. The second-order valence-electron chi connectivity index (χ2n) is 5.48. The number of benzene rings is 1. The molecule has 0 aromatic heterocycles. The number of nitrogens with zero attached hydrogens (tertiary/aromatic N) is 2. The quantitative estimate of drug-likeness (QED) is 0.830. The molecule has 0 N–H and O–H groups in total. The van der Waals surface area contributed by atoms with E-state index in [0.717, 1.165) is 31.5 Å². The molecular weight excluding hydrogens is 236 g/mol. The second kappa shape index (κ2) is 6.20. The SMILES string of the molecule is CCCCC(=O)N1CCC(N(C)C)c2ccccc21. The Kier molecular flexibility index (Phi) is 4.59. The minimum Gasteiger partial charge on any atom is -0.312 e. The van der Waals surface area contributed by atoms with E-state index >= 15 is 0 Å². The molecule has 0 aliphatic carbocycles. The fraction of sp³-hybridized carbons (Fsp3) is 0.562. The predicted octanol–water partition coefficient (Wildman–Crippen LogP) is 3.22. The van der Waals surface area contributed by atoms with Crippen LogP contribution in [-0.4, -0.2) is 31.4 Å². The summed E-state index contributed by atoms with van der Waals surface area (Å²) in [6.07, 6.45) is 3.73. The van der Waals surface area contributed by atoms with Crippen molar-refractivity contribution in [1.82, 2.24) is 4.90 Å². The largest absolute Gasteiger partial charge is 0.312 e. The van der Waals surface area contributed by atoms with E-state index in [1.807, 2.05) is 11.0 Å². The predicted molar refractivity (Wildman–Crippen MR) is 79.4 cm³/mol. The molecule has 3 nitrogen and oxygen atoms in total. The maximum atomic E-state index is 12.3. The molecule has 0 spiro atoms. The van der Waals surface area contributed by atoms with Gasteiger partial charge in [-0.15, -0.1) is 0 Å². The Bertz CT molecular complexity index is 442. The molecule has 0 radical (unpaired) electrons.